The molecule has 1 unspecified atom stereocenters. The Balaban J connectivity index is 2.33. The van der Waals surface area contributed by atoms with Crippen LogP contribution in [0.2, 0.25) is 0 Å². The standard InChI is InChI=1S/C18H29NO2/c1-6-15(5)19-18(20)8-7-11-21-16-9-10-17(13(2)3)14(4)12-16/h9-10,12-13,15H,6-8,11H2,1-5H3,(H,19,20). The van der Waals surface area contributed by atoms with E-state index in [9.17, 15) is 4.79 Å². The number of hydrogen-bond acceptors (Lipinski definition) is 2. The minimum Gasteiger partial charge on any atom is -0.494 e. The van der Waals surface area contributed by atoms with Gasteiger partial charge in [0.15, 0.2) is 0 Å². The van der Waals surface area contributed by atoms with Crippen LogP contribution in [0.5, 0.6) is 5.75 Å². The first-order valence-electron chi connectivity index (χ1n) is 7.96. The maximum Gasteiger partial charge on any atom is 0.220 e. The average Bonchev–Trinajstić information content (AvgIpc) is 2.43. The van der Waals surface area contributed by atoms with Gasteiger partial charge in [-0.05, 0) is 55.9 Å². The molecule has 0 aromatic heterocycles. The van der Waals surface area contributed by atoms with Crippen LogP contribution in [-0.2, 0) is 4.79 Å². The average molecular weight is 291 g/mol. The molecule has 1 aromatic rings. The molecule has 0 aliphatic carbocycles. The zero-order chi connectivity index (χ0) is 15.8. The normalized spacial score (nSPS) is 12.3. The monoisotopic (exact) mass is 291 g/mol. The number of benzene rings is 1. The van der Waals surface area contributed by atoms with Crippen LogP contribution < -0.4 is 10.1 Å². The molecule has 1 amide bonds. The van der Waals surface area contributed by atoms with E-state index in [0.717, 1.165) is 18.6 Å². The second-order valence-corrected chi connectivity index (χ2v) is 6.00. The number of rotatable bonds is 8. The smallest absolute Gasteiger partial charge is 0.220 e. The van der Waals surface area contributed by atoms with Gasteiger partial charge in [-0.25, -0.2) is 0 Å². The predicted molar refractivity (Wildman–Crippen MR) is 87.9 cm³/mol. The maximum absolute atomic E-state index is 11.6. The lowest BCUT2D eigenvalue weighted by atomic mass is 9.98. The molecule has 3 nitrogen and oxygen atoms in total. The van der Waals surface area contributed by atoms with Crippen LogP contribution in [0.3, 0.4) is 0 Å². The van der Waals surface area contributed by atoms with Crippen LogP contribution in [0.25, 0.3) is 0 Å². The Bertz CT molecular complexity index is 455. The third kappa shape index (κ3) is 6.19. The zero-order valence-electron chi connectivity index (χ0n) is 14.0. The topological polar surface area (TPSA) is 38.3 Å². The molecule has 0 saturated carbocycles. The molecule has 1 aromatic carbocycles. The zero-order valence-corrected chi connectivity index (χ0v) is 14.0. The molecular weight excluding hydrogens is 262 g/mol. The van der Waals surface area contributed by atoms with Crippen LogP contribution in [0.1, 0.15) is 64.0 Å². The predicted octanol–water partition coefficient (Wildman–Crippen LogP) is 4.19. The largest absolute Gasteiger partial charge is 0.494 e. The van der Waals surface area contributed by atoms with Crippen LogP contribution in [0.15, 0.2) is 18.2 Å². The highest BCUT2D eigenvalue weighted by atomic mass is 16.5. The molecule has 0 radical (unpaired) electrons. The number of ether oxygens (including phenoxy) is 1. The summed E-state index contributed by atoms with van der Waals surface area (Å²) >= 11 is 0. The van der Waals surface area contributed by atoms with Gasteiger partial charge in [0.1, 0.15) is 5.75 Å². The van der Waals surface area contributed by atoms with Crippen molar-refractivity contribution >= 4 is 5.91 Å². The summed E-state index contributed by atoms with van der Waals surface area (Å²) in [5, 5.41) is 2.96. The molecule has 0 saturated heterocycles. The molecule has 1 atom stereocenters. The Morgan fingerprint density at radius 2 is 2.00 bits per heavy atom. The van der Waals surface area contributed by atoms with Gasteiger partial charge in [0.05, 0.1) is 6.61 Å². The molecule has 0 spiro atoms. The van der Waals surface area contributed by atoms with Gasteiger partial charge in [-0.15, -0.1) is 0 Å². The van der Waals surface area contributed by atoms with Crippen LogP contribution in [0.4, 0.5) is 0 Å². The highest BCUT2D eigenvalue weighted by molar-refractivity contribution is 5.76. The van der Waals surface area contributed by atoms with Gasteiger partial charge < -0.3 is 10.1 Å². The Labute approximate surface area is 129 Å². The minimum absolute atomic E-state index is 0.110. The highest BCUT2D eigenvalue weighted by Crippen LogP contribution is 2.23. The molecule has 0 aliphatic heterocycles. The fraction of sp³-hybridized carbons (Fsp3) is 0.611. The fourth-order valence-corrected chi connectivity index (χ4v) is 2.26. The molecule has 1 N–H and O–H groups in total. The van der Waals surface area contributed by atoms with E-state index in [4.69, 9.17) is 4.74 Å². The first-order chi connectivity index (χ1) is 9.93. The van der Waals surface area contributed by atoms with Crippen molar-refractivity contribution < 1.29 is 9.53 Å². The molecule has 0 bridgehead atoms. The number of carbonyl (C=O) groups excluding carboxylic acids is 1. The van der Waals surface area contributed by atoms with Gasteiger partial charge in [0.25, 0.3) is 0 Å². The molecule has 3 heteroatoms. The van der Waals surface area contributed by atoms with Crippen molar-refractivity contribution in [2.75, 3.05) is 6.61 Å². The van der Waals surface area contributed by atoms with Crippen molar-refractivity contribution in [2.24, 2.45) is 0 Å². The summed E-state index contributed by atoms with van der Waals surface area (Å²) in [7, 11) is 0. The summed E-state index contributed by atoms with van der Waals surface area (Å²) < 4.78 is 5.72. The van der Waals surface area contributed by atoms with E-state index < -0.39 is 0 Å². The number of nitrogens with one attached hydrogen (secondary N) is 1. The van der Waals surface area contributed by atoms with E-state index in [1.807, 2.05) is 13.0 Å². The Kier molecular flexibility index (Phi) is 7.27. The SMILES string of the molecule is CCC(C)NC(=O)CCCOc1ccc(C(C)C)c(C)c1. The molecule has 1 rings (SSSR count). The lowest BCUT2D eigenvalue weighted by Gasteiger charge is -2.13. The Morgan fingerprint density at radius 1 is 1.29 bits per heavy atom. The molecule has 118 valence electrons. The molecular formula is C18H29NO2. The molecule has 0 fully saturated rings. The van der Waals surface area contributed by atoms with E-state index in [-0.39, 0.29) is 11.9 Å². The van der Waals surface area contributed by atoms with E-state index in [2.05, 4.69) is 45.1 Å². The van der Waals surface area contributed by atoms with E-state index >= 15 is 0 Å². The molecule has 0 heterocycles. The van der Waals surface area contributed by atoms with Crippen molar-refractivity contribution in [3.05, 3.63) is 29.3 Å². The first-order valence-corrected chi connectivity index (χ1v) is 7.96. The number of aryl methyl sites for hydroxylation is 1. The third-order valence-corrected chi connectivity index (χ3v) is 3.70. The van der Waals surface area contributed by atoms with E-state index in [1.165, 1.54) is 11.1 Å². The van der Waals surface area contributed by atoms with Crippen molar-refractivity contribution in [2.45, 2.75) is 65.8 Å². The lowest BCUT2D eigenvalue weighted by molar-refractivity contribution is -0.121. The van der Waals surface area contributed by atoms with E-state index in [1.54, 1.807) is 0 Å². The second-order valence-electron chi connectivity index (χ2n) is 6.00. The van der Waals surface area contributed by atoms with Gasteiger partial charge in [-0.1, -0.05) is 26.8 Å². The summed E-state index contributed by atoms with van der Waals surface area (Å²) in [5.74, 6) is 1.53. The summed E-state index contributed by atoms with van der Waals surface area (Å²) in [4.78, 5) is 11.6. The Morgan fingerprint density at radius 3 is 2.57 bits per heavy atom. The van der Waals surface area contributed by atoms with Gasteiger partial charge in [-0.3, -0.25) is 4.79 Å². The third-order valence-electron chi connectivity index (χ3n) is 3.70. The van der Waals surface area contributed by atoms with Crippen LogP contribution >= 0.6 is 0 Å². The second kappa shape index (κ2) is 8.71. The molecule has 0 aliphatic rings. The van der Waals surface area contributed by atoms with Gasteiger partial charge >= 0.3 is 0 Å². The van der Waals surface area contributed by atoms with E-state index in [0.29, 0.717) is 18.9 Å². The summed E-state index contributed by atoms with van der Waals surface area (Å²) in [6.07, 6.45) is 2.23. The quantitative estimate of drug-likeness (QED) is 0.729. The van der Waals surface area contributed by atoms with Crippen LogP contribution in [-0.4, -0.2) is 18.6 Å². The molecule has 21 heavy (non-hydrogen) atoms. The van der Waals surface area contributed by atoms with Gasteiger partial charge in [-0.2, -0.15) is 0 Å². The van der Waals surface area contributed by atoms with Crippen molar-refractivity contribution in [1.29, 1.82) is 0 Å². The van der Waals surface area contributed by atoms with Gasteiger partial charge in [0.2, 0.25) is 5.91 Å². The summed E-state index contributed by atoms with van der Waals surface area (Å²) in [5.41, 5.74) is 2.62. The number of hydrogen-bond donors (Lipinski definition) is 1. The van der Waals surface area contributed by atoms with Crippen molar-refractivity contribution in [3.8, 4) is 5.75 Å². The number of amides is 1. The van der Waals surface area contributed by atoms with Crippen molar-refractivity contribution in [1.82, 2.24) is 5.32 Å². The Hall–Kier alpha value is -1.51. The lowest BCUT2D eigenvalue weighted by Crippen LogP contribution is -2.31. The van der Waals surface area contributed by atoms with Gasteiger partial charge in [0, 0.05) is 12.5 Å². The number of carbonyl (C=O) groups is 1. The summed E-state index contributed by atoms with van der Waals surface area (Å²) in [6, 6.07) is 6.48. The fourth-order valence-electron chi connectivity index (χ4n) is 2.26. The van der Waals surface area contributed by atoms with Crippen molar-refractivity contribution in [3.63, 3.8) is 0 Å². The summed E-state index contributed by atoms with van der Waals surface area (Å²) in [6.45, 7) is 11.2. The highest BCUT2D eigenvalue weighted by Gasteiger charge is 2.06. The minimum atomic E-state index is 0.110. The van der Waals surface area contributed by atoms with Crippen LogP contribution in [0, 0.1) is 6.92 Å². The maximum atomic E-state index is 11.6. The first kappa shape index (κ1) is 17.5.